The summed E-state index contributed by atoms with van der Waals surface area (Å²) in [6.07, 6.45) is 0. The first-order valence-corrected chi connectivity index (χ1v) is 5.99. The summed E-state index contributed by atoms with van der Waals surface area (Å²) < 4.78 is 7.65. The lowest BCUT2D eigenvalue weighted by atomic mass is 10.2. The minimum absolute atomic E-state index is 0.447. The van der Waals surface area contributed by atoms with Crippen molar-refractivity contribution in [1.29, 1.82) is 0 Å². The van der Waals surface area contributed by atoms with Crippen LogP contribution in [0.25, 0.3) is 10.9 Å². The molecule has 0 radical (unpaired) electrons. The van der Waals surface area contributed by atoms with Crippen LogP contribution in [-0.2, 0) is 6.54 Å². The Bertz CT molecular complexity index is 514. The second-order valence-corrected chi connectivity index (χ2v) is 4.55. The van der Waals surface area contributed by atoms with E-state index in [0.29, 0.717) is 6.04 Å². The van der Waals surface area contributed by atoms with Crippen LogP contribution in [0.15, 0.2) is 24.3 Å². The van der Waals surface area contributed by atoms with Crippen LogP contribution in [0.4, 0.5) is 0 Å². The second-order valence-electron chi connectivity index (χ2n) is 4.55. The Labute approximate surface area is 102 Å². The Morgan fingerprint density at radius 1 is 1.29 bits per heavy atom. The van der Waals surface area contributed by atoms with E-state index in [2.05, 4.69) is 41.9 Å². The van der Waals surface area contributed by atoms with Crippen LogP contribution in [0, 0.1) is 0 Å². The number of hydrogen-bond acceptors (Lipinski definition) is 2. The quantitative estimate of drug-likeness (QED) is 0.877. The van der Waals surface area contributed by atoms with Crippen LogP contribution >= 0.6 is 0 Å². The lowest BCUT2D eigenvalue weighted by Gasteiger charge is -2.14. The normalized spacial score (nSPS) is 11.4. The van der Waals surface area contributed by atoms with E-state index >= 15 is 0 Å². The fourth-order valence-electron chi connectivity index (χ4n) is 2.31. The first kappa shape index (κ1) is 12.0. The number of benzene rings is 1. The third-order valence-electron chi connectivity index (χ3n) is 3.00. The predicted octanol–water partition coefficient (Wildman–Crippen LogP) is 2.95. The molecule has 0 aliphatic rings. The van der Waals surface area contributed by atoms with E-state index in [9.17, 15) is 0 Å². The van der Waals surface area contributed by atoms with Gasteiger partial charge in [0.2, 0.25) is 0 Å². The number of nitrogens with zero attached hydrogens (tertiary/aromatic N) is 1. The molecule has 3 heteroatoms. The number of fused-ring (bicyclic) bond motifs is 1. The van der Waals surface area contributed by atoms with Crippen LogP contribution in [0.1, 0.15) is 25.6 Å². The van der Waals surface area contributed by atoms with Crippen molar-refractivity contribution in [3.8, 4) is 5.75 Å². The predicted molar refractivity (Wildman–Crippen MR) is 71.6 cm³/mol. The van der Waals surface area contributed by atoms with Gasteiger partial charge in [-0.3, -0.25) is 0 Å². The Morgan fingerprint density at radius 2 is 2.06 bits per heavy atom. The van der Waals surface area contributed by atoms with Crippen molar-refractivity contribution in [3.05, 3.63) is 30.0 Å². The lowest BCUT2D eigenvalue weighted by molar-refractivity contribution is 0.415. The van der Waals surface area contributed by atoms with Crippen molar-refractivity contribution in [3.63, 3.8) is 0 Å². The molecule has 0 amide bonds. The number of aromatic nitrogens is 1. The number of hydrogen-bond donors (Lipinski definition) is 1. The van der Waals surface area contributed by atoms with Gasteiger partial charge in [-0.05, 0) is 39.1 Å². The molecule has 3 nitrogen and oxygen atoms in total. The Balaban J connectivity index is 2.63. The molecule has 0 unspecified atom stereocenters. The smallest absolute Gasteiger partial charge is 0.120 e. The Hall–Kier alpha value is -1.48. The van der Waals surface area contributed by atoms with Gasteiger partial charge in [0.05, 0.1) is 12.6 Å². The SMILES string of the molecule is CNCc1cc2ccc(OC)cc2n1C(C)C. The minimum Gasteiger partial charge on any atom is -0.497 e. The highest BCUT2D eigenvalue weighted by atomic mass is 16.5. The molecule has 92 valence electrons. The molecule has 0 aliphatic carbocycles. The molecule has 0 bridgehead atoms. The van der Waals surface area contributed by atoms with Gasteiger partial charge in [-0.25, -0.2) is 0 Å². The number of rotatable bonds is 4. The van der Waals surface area contributed by atoms with E-state index in [1.807, 2.05) is 13.1 Å². The molecule has 0 aliphatic heterocycles. The van der Waals surface area contributed by atoms with Crippen LogP contribution in [0.5, 0.6) is 5.75 Å². The molecule has 2 aromatic rings. The first-order valence-electron chi connectivity index (χ1n) is 5.99. The monoisotopic (exact) mass is 232 g/mol. The van der Waals surface area contributed by atoms with Crippen LogP contribution in [0.3, 0.4) is 0 Å². The molecule has 0 spiro atoms. The first-order chi connectivity index (χ1) is 8.17. The van der Waals surface area contributed by atoms with Crippen LogP contribution in [0.2, 0.25) is 0 Å². The zero-order valence-electron chi connectivity index (χ0n) is 10.9. The van der Waals surface area contributed by atoms with Gasteiger partial charge < -0.3 is 14.6 Å². The average Bonchev–Trinajstić information content (AvgIpc) is 2.66. The van der Waals surface area contributed by atoms with Crippen molar-refractivity contribution in [2.24, 2.45) is 0 Å². The molecule has 0 fully saturated rings. The zero-order valence-corrected chi connectivity index (χ0v) is 10.9. The van der Waals surface area contributed by atoms with Crippen molar-refractivity contribution in [2.75, 3.05) is 14.2 Å². The third-order valence-corrected chi connectivity index (χ3v) is 3.00. The second kappa shape index (κ2) is 4.80. The van der Waals surface area contributed by atoms with Gasteiger partial charge in [-0.15, -0.1) is 0 Å². The summed E-state index contributed by atoms with van der Waals surface area (Å²) >= 11 is 0. The molecular formula is C14H20N2O. The topological polar surface area (TPSA) is 26.2 Å². The molecule has 1 aromatic heterocycles. The third kappa shape index (κ3) is 2.15. The number of methoxy groups -OCH3 is 1. The van der Waals surface area contributed by atoms with Gasteiger partial charge in [-0.1, -0.05) is 0 Å². The summed E-state index contributed by atoms with van der Waals surface area (Å²) in [6, 6.07) is 8.92. The number of nitrogens with one attached hydrogen (secondary N) is 1. The molecule has 1 aromatic carbocycles. The largest absolute Gasteiger partial charge is 0.497 e. The molecule has 0 saturated carbocycles. The minimum atomic E-state index is 0.447. The Morgan fingerprint density at radius 3 is 2.65 bits per heavy atom. The van der Waals surface area contributed by atoms with E-state index in [4.69, 9.17) is 4.74 Å². The zero-order chi connectivity index (χ0) is 12.4. The van der Waals surface area contributed by atoms with Gasteiger partial charge in [0.15, 0.2) is 0 Å². The summed E-state index contributed by atoms with van der Waals surface area (Å²) in [5, 5.41) is 4.49. The van der Waals surface area contributed by atoms with E-state index in [1.54, 1.807) is 7.11 Å². The molecule has 17 heavy (non-hydrogen) atoms. The van der Waals surface area contributed by atoms with Crippen molar-refractivity contribution in [2.45, 2.75) is 26.4 Å². The van der Waals surface area contributed by atoms with Gasteiger partial charge in [0.1, 0.15) is 5.75 Å². The van der Waals surface area contributed by atoms with Crippen LogP contribution in [-0.4, -0.2) is 18.7 Å². The van der Waals surface area contributed by atoms with E-state index in [0.717, 1.165) is 12.3 Å². The van der Waals surface area contributed by atoms with E-state index in [-0.39, 0.29) is 0 Å². The highest BCUT2D eigenvalue weighted by Crippen LogP contribution is 2.27. The summed E-state index contributed by atoms with van der Waals surface area (Å²) in [5.74, 6) is 0.911. The average molecular weight is 232 g/mol. The Kier molecular flexibility index (Phi) is 3.38. The van der Waals surface area contributed by atoms with Gasteiger partial charge in [-0.2, -0.15) is 0 Å². The summed E-state index contributed by atoms with van der Waals surface area (Å²) in [5.41, 5.74) is 2.55. The maximum absolute atomic E-state index is 5.30. The van der Waals surface area contributed by atoms with Gasteiger partial charge in [0.25, 0.3) is 0 Å². The van der Waals surface area contributed by atoms with E-state index < -0.39 is 0 Å². The molecule has 0 atom stereocenters. The summed E-state index contributed by atoms with van der Waals surface area (Å²) in [4.78, 5) is 0. The molecule has 0 saturated heterocycles. The highest BCUT2D eigenvalue weighted by Gasteiger charge is 2.11. The fourth-order valence-corrected chi connectivity index (χ4v) is 2.31. The standard InChI is InChI=1S/C14H20N2O/c1-10(2)16-12(9-15-3)7-11-5-6-13(17-4)8-14(11)16/h5-8,10,15H,9H2,1-4H3. The highest BCUT2D eigenvalue weighted by molar-refractivity contribution is 5.83. The molecular weight excluding hydrogens is 212 g/mol. The van der Waals surface area contributed by atoms with Crippen molar-refractivity contribution in [1.82, 2.24) is 9.88 Å². The van der Waals surface area contributed by atoms with E-state index in [1.165, 1.54) is 16.6 Å². The molecule has 2 rings (SSSR count). The number of ether oxygens (including phenoxy) is 1. The summed E-state index contributed by atoms with van der Waals surface area (Å²) in [7, 11) is 3.68. The summed E-state index contributed by atoms with van der Waals surface area (Å²) in [6.45, 7) is 5.30. The van der Waals surface area contributed by atoms with Crippen molar-refractivity contribution < 1.29 is 4.74 Å². The van der Waals surface area contributed by atoms with Crippen molar-refractivity contribution >= 4 is 10.9 Å². The molecule has 1 N–H and O–H groups in total. The van der Waals surface area contributed by atoms with Gasteiger partial charge >= 0.3 is 0 Å². The maximum atomic E-state index is 5.30. The van der Waals surface area contributed by atoms with Gasteiger partial charge in [0, 0.05) is 29.7 Å². The molecule has 1 heterocycles. The fraction of sp³-hybridized carbons (Fsp3) is 0.429. The van der Waals surface area contributed by atoms with Crippen LogP contribution < -0.4 is 10.1 Å². The maximum Gasteiger partial charge on any atom is 0.120 e. The lowest BCUT2D eigenvalue weighted by Crippen LogP contribution is -2.12.